The highest BCUT2D eigenvalue weighted by Gasteiger charge is 2.07. The Hall–Kier alpha value is -2.82. The van der Waals surface area contributed by atoms with E-state index in [1.54, 1.807) is 28.8 Å². The molecule has 0 radical (unpaired) electrons. The second-order valence-electron chi connectivity index (χ2n) is 4.85. The zero-order chi connectivity index (χ0) is 15.4. The maximum atomic E-state index is 12.1. The van der Waals surface area contributed by atoms with Crippen molar-refractivity contribution >= 4 is 11.4 Å². The van der Waals surface area contributed by atoms with Crippen LogP contribution in [-0.2, 0) is 6.54 Å². The van der Waals surface area contributed by atoms with E-state index in [-0.39, 0.29) is 5.91 Å². The minimum Gasteiger partial charge on any atom is -0.494 e. The van der Waals surface area contributed by atoms with E-state index in [0.717, 1.165) is 17.0 Å². The molecule has 0 aliphatic rings. The van der Waals surface area contributed by atoms with Crippen LogP contribution in [0.1, 0.15) is 23.0 Å². The molecule has 5 nitrogen and oxygen atoms in total. The lowest BCUT2D eigenvalue weighted by Gasteiger charge is -2.05. The van der Waals surface area contributed by atoms with E-state index in [0.29, 0.717) is 18.7 Å². The van der Waals surface area contributed by atoms with Gasteiger partial charge in [0.15, 0.2) is 0 Å². The molecule has 3 aromatic rings. The maximum absolute atomic E-state index is 12.1. The molecule has 0 unspecified atom stereocenters. The predicted octanol–water partition coefficient (Wildman–Crippen LogP) is 2.66. The van der Waals surface area contributed by atoms with Gasteiger partial charge in [-0.25, -0.2) is 4.52 Å². The molecule has 2 aromatic heterocycles. The first-order chi connectivity index (χ1) is 10.8. The lowest BCUT2D eigenvalue weighted by atomic mass is 10.2. The molecule has 3 rings (SSSR count). The first-order valence-corrected chi connectivity index (χ1v) is 7.20. The number of nitrogens with one attached hydrogen (secondary N) is 1. The summed E-state index contributed by atoms with van der Waals surface area (Å²) in [6, 6.07) is 14.9. The van der Waals surface area contributed by atoms with E-state index in [1.165, 1.54) is 0 Å². The number of carbonyl (C=O) groups is 1. The molecule has 0 saturated carbocycles. The van der Waals surface area contributed by atoms with Gasteiger partial charge in [0.2, 0.25) is 0 Å². The third kappa shape index (κ3) is 3.09. The van der Waals surface area contributed by atoms with Crippen LogP contribution in [0.4, 0.5) is 0 Å². The topological polar surface area (TPSA) is 55.6 Å². The standard InChI is InChI=1S/C17H17N3O2/c1-2-22-16-8-6-13(7-9-16)17(21)18-12-14-11-15-5-3-4-10-20(15)19-14/h3-11H,2,12H2,1H3,(H,18,21). The quantitative estimate of drug-likeness (QED) is 0.787. The molecule has 0 aliphatic carbocycles. The largest absolute Gasteiger partial charge is 0.494 e. The summed E-state index contributed by atoms with van der Waals surface area (Å²) in [5.74, 6) is 0.638. The summed E-state index contributed by atoms with van der Waals surface area (Å²) in [6.07, 6.45) is 1.88. The smallest absolute Gasteiger partial charge is 0.251 e. The fourth-order valence-electron chi connectivity index (χ4n) is 2.22. The second-order valence-corrected chi connectivity index (χ2v) is 4.85. The highest BCUT2D eigenvalue weighted by molar-refractivity contribution is 5.94. The number of carbonyl (C=O) groups excluding carboxylic acids is 1. The van der Waals surface area contributed by atoms with Crippen molar-refractivity contribution in [1.29, 1.82) is 0 Å². The number of ether oxygens (including phenoxy) is 1. The number of aromatic nitrogens is 2. The van der Waals surface area contributed by atoms with Crippen LogP contribution in [-0.4, -0.2) is 22.1 Å². The van der Waals surface area contributed by atoms with Crippen molar-refractivity contribution in [3.8, 4) is 5.75 Å². The van der Waals surface area contributed by atoms with Crippen LogP contribution in [0.3, 0.4) is 0 Å². The van der Waals surface area contributed by atoms with Gasteiger partial charge in [0, 0.05) is 11.8 Å². The van der Waals surface area contributed by atoms with Crippen molar-refractivity contribution in [3.63, 3.8) is 0 Å². The van der Waals surface area contributed by atoms with Crippen LogP contribution in [0.5, 0.6) is 5.75 Å². The van der Waals surface area contributed by atoms with Gasteiger partial charge in [-0.3, -0.25) is 4.79 Å². The summed E-state index contributed by atoms with van der Waals surface area (Å²) in [4.78, 5) is 12.1. The number of hydrogen-bond donors (Lipinski definition) is 1. The molecule has 112 valence electrons. The third-order valence-electron chi connectivity index (χ3n) is 3.28. The van der Waals surface area contributed by atoms with E-state index >= 15 is 0 Å². The molecule has 0 spiro atoms. The SMILES string of the molecule is CCOc1ccc(C(=O)NCc2cc3ccccn3n2)cc1. The Labute approximate surface area is 128 Å². The number of rotatable bonds is 5. The van der Waals surface area contributed by atoms with E-state index < -0.39 is 0 Å². The fourth-order valence-corrected chi connectivity index (χ4v) is 2.22. The normalized spacial score (nSPS) is 10.6. The van der Waals surface area contributed by atoms with Gasteiger partial charge in [0.1, 0.15) is 5.75 Å². The molecular weight excluding hydrogens is 278 g/mol. The molecule has 1 N–H and O–H groups in total. The van der Waals surface area contributed by atoms with Crippen molar-refractivity contribution < 1.29 is 9.53 Å². The van der Waals surface area contributed by atoms with Gasteiger partial charge in [0.25, 0.3) is 5.91 Å². The Balaban J connectivity index is 1.64. The Morgan fingerprint density at radius 3 is 2.77 bits per heavy atom. The minimum absolute atomic E-state index is 0.125. The molecule has 0 fully saturated rings. The van der Waals surface area contributed by atoms with Crippen molar-refractivity contribution in [3.05, 3.63) is 66.0 Å². The molecule has 0 bridgehead atoms. The van der Waals surface area contributed by atoms with Crippen LogP contribution in [0.15, 0.2) is 54.7 Å². The van der Waals surface area contributed by atoms with Gasteiger partial charge in [0.05, 0.1) is 24.4 Å². The summed E-state index contributed by atoms with van der Waals surface area (Å²) in [5, 5.41) is 7.27. The first kappa shape index (κ1) is 14.1. The number of pyridine rings is 1. The van der Waals surface area contributed by atoms with Gasteiger partial charge in [-0.2, -0.15) is 5.10 Å². The molecule has 0 atom stereocenters. The third-order valence-corrected chi connectivity index (χ3v) is 3.28. The van der Waals surface area contributed by atoms with Gasteiger partial charge in [-0.1, -0.05) is 6.07 Å². The van der Waals surface area contributed by atoms with Gasteiger partial charge >= 0.3 is 0 Å². The molecule has 0 saturated heterocycles. The molecule has 22 heavy (non-hydrogen) atoms. The van der Waals surface area contributed by atoms with E-state index in [9.17, 15) is 4.79 Å². The van der Waals surface area contributed by atoms with Crippen molar-refractivity contribution in [2.75, 3.05) is 6.61 Å². The first-order valence-electron chi connectivity index (χ1n) is 7.20. The van der Waals surface area contributed by atoms with Crippen LogP contribution in [0, 0.1) is 0 Å². The van der Waals surface area contributed by atoms with Crippen LogP contribution in [0.2, 0.25) is 0 Å². The maximum Gasteiger partial charge on any atom is 0.251 e. The summed E-state index contributed by atoms with van der Waals surface area (Å²) in [5.41, 5.74) is 2.44. The number of hydrogen-bond acceptors (Lipinski definition) is 3. The molecular formula is C17H17N3O2. The van der Waals surface area contributed by atoms with Crippen LogP contribution < -0.4 is 10.1 Å². The number of nitrogens with zero attached hydrogens (tertiary/aromatic N) is 2. The molecule has 5 heteroatoms. The number of benzene rings is 1. The number of amides is 1. The summed E-state index contributed by atoms with van der Waals surface area (Å²) >= 11 is 0. The van der Waals surface area contributed by atoms with Crippen molar-refractivity contribution in [1.82, 2.24) is 14.9 Å². The van der Waals surface area contributed by atoms with E-state index in [4.69, 9.17) is 4.74 Å². The molecule has 1 aromatic carbocycles. The zero-order valence-electron chi connectivity index (χ0n) is 12.3. The highest BCUT2D eigenvalue weighted by Crippen LogP contribution is 2.12. The molecule has 1 amide bonds. The predicted molar refractivity (Wildman–Crippen MR) is 84.0 cm³/mol. The zero-order valence-corrected chi connectivity index (χ0v) is 12.3. The van der Waals surface area contributed by atoms with Crippen molar-refractivity contribution in [2.45, 2.75) is 13.5 Å². The average molecular weight is 295 g/mol. The second kappa shape index (κ2) is 6.30. The highest BCUT2D eigenvalue weighted by atomic mass is 16.5. The monoisotopic (exact) mass is 295 g/mol. The fraction of sp³-hybridized carbons (Fsp3) is 0.176. The lowest BCUT2D eigenvalue weighted by Crippen LogP contribution is -2.22. The lowest BCUT2D eigenvalue weighted by molar-refractivity contribution is 0.0950. The Morgan fingerprint density at radius 1 is 1.23 bits per heavy atom. The van der Waals surface area contributed by atoms with Crippen LogP contribution >= 0.6 is 0 Å². The average Bonchev–Trinajstić information content (AvgIpc) is 2.96. The van der Waals surface area contributed by atoms with E-state index in [2.05, 4.69) is 10.4 Å². The van der Waals surface area contributed by atoms with Crippen molar-refractivity contribution in [2.24, 2.45) is 0 Å². The summed E-state index contributed by atoms with van der Waals surface area (Å²) in [6.45, 7) is 2.93. The Morgan fingerprint density at radius 2 is 2.05 bits per heavy atom. The summed E-state index contributed by atoms with van der Waals surface area (Å²) in [7, 11) is 0. The number of fused-ring (bicyclic) bond motifs is 1. The Bertz CT molecular complexity index is 745. The van der Waals surface area contributed by atoms with Gasteiger partial charge < -0.3 is 10.1 Å². The Kier molecular flexibility index (Phi) is 4.05. The minimum atomic E-state index is -0.125. The molecule has 2 heterocycles. The van der Waals surface area contributed by atoms with Gasteiger partial charge in [-0.15, -0.1) is 0 Å². The van der Waals surface area contributed by atoms with Gasteiger partial charge in [-0.05, 0) is 49.4 Å². The molecule has 0 aliphatic heterocycles. The van der Waals surface area contributed by atoms with E-state index in [1.807, 2.05) is 37.4 Å². The van der Waals surface area contributed by atoms with Crippen LogP contribution in [0.25, 0.3) is 5.52 Å². The summed E-state index contributed by atoms with van der Waals surface area (Å²) < 4.78 is 7.15.